The molecule has 1 aromatic rings. The zero-order valence-electron chi connectivity index (χ0n) is 16.6. The van der Waals surface area contributed by atoms with E-state index >= 15 is 0 Å². The number of piperazine rings is 1. The molecule has 1 aliphatic rings. The van der Waals surface area contributed by atoms with Gasteiger partial charge in [-0.15, -0.1) is 0 Å². The molecule has 1 heterocycles. The molecule has 26 heavy (non-hydrogen) atoms. The Hall–Kier alpha value is -1.95. The van der Waals surface area contributed by atoms with Gasteiger partial charge in [-0.2, -0.15) is 0 Å². The Labute approximate surface area is 157 Å². The third kappa shape index (κ3) is 6.09. The summed E-state index contributed by atoms with van der Waals surface area (Å²) < 4.78 is 11.3. The van der Waals surface area contributed by atoms with Gasteiger partial charge in [-0.3, -0.25) is 4.90 Å². The Morgan fingerprint density at radius 1 is 1.19 bits per heavy atom. The summed E-state index contributed by atoms with van der Waals surface area (Å²) in [5.41, 5.74) is 1.20. The Bertz CT molecular complexity index is 569. The third-order valence-corrected chi connectivity index (χ3v) is 4.39. The lowest BCUT2D eigenvalue weighted by atomic mass is 10.1. The van der Waals surface area contributed by atoms with E-state index in [1.807, 2.05) is 11.0 Å². The lowest BCUT2D eigenvalue weighted by molar-refractivity contribution is 0.135. The second kappa shape index (κ2) is 10.3. The Kier molecular flexibility index (Phi) is 8.04. The van der Waals surface area contributed by atoms with Gasteiger partial charge in [-0.05, 0) is 30.0 Å². The second-order valence-electron chi connectivity index (χ2n) is 7.19. The van der Waals surface area contributed by atoms with Gasteiger partial charge >= 0.3 is 6.03 Å². The first-order chi connectivity index (χ1) is 12.5. The number of benzene rings is 1. The summed E-state index contributed by atoms with van der Waals surface area (Å²) in [6.45, 7) is 11.9. The van der Waals surface area contributed by atoms with E-state index in [1.165, 1.54) is 5.56 Å². The average molecular weight is 364 g/mol. The van der Waals surface area contributed by atoms with Gasteiger partial charge < -0.3 is 19.7 Å². The van der Waals surface area contributed by atoms with Crippen LogP contribution in [0.15, 0.2) is 18.2 Å². The number of rotatable bonds is 8. The lowest BCUT2D eigenvalue weighted by Gasteiger charge is -2.34. The largest absolute Gasteiger partial charge is 0.493 e. The van der Waals surface area contributed by atoms with Crippen LogP contribution >= 0.6 is 0 Å². The van der Waals surface area contributed by atoms with Gasteiger partial charge in [0.2, 0.25) is 0 Å². The van der Waals surface area contributed by atoms with Crippen molar-refractivity contribution >= 4 is 6.03 Å². The molecular weight excluding hydrogens is 330 g/mol. The smallest absolute Gasteiger partial charge is 0.317 e. The van der Waals surface area contributed by atoms with Crippen molar-refractivity contribution in [1.82, 2.24) is 15.1 Å². The Morgan fingerprint density at radius 3 is 2.54 bits per heavy atom. The molecule has 0 unspecified atom stereocenters. The number of nitrogens with zero attached hydrogens (tertiary/aromatic N) is 2. The van der Waals surface area contributed by atoms with Crippen LogP contribution in [-0.2, 0) is 6.54 Å². The predicted octanol–water partition coefficient (Wildman–Crippen LogP) is 2.97. The second-order valence-corrected chi connectivity index (χ2v) is 7.19. The SMILES string of the molecule is CCCNC(=O)N1CCN(Cc2ccc(OCC(C)C)c(OC)c2)CC1. The monoisotopic (exact) mass is 363 g/mol. The van der Waals surface area contributed by atoms with Crippen LogP contribution in [0.3, 0.4) is 0 Å². The molecule has 0 radical (unpaired) electrons. The summed E-state index contributed by atoms with van der Waals surface area (Å²) >= 11 is 0. The number of carbonyl (C=O) groups is 1. The first-order valence-corrected chi connectivity index (χ1v) is 9.58. The van der Waals surface area contributed by atoms with Crippen LogP contribution in [0.1, 0.15) is 32.8 Å². The number of urea groups is 1. The first-order valence-electron chi connectivity index (χ1n) is 9.58. The summed E-state index contributed by atoms with van der Waals surface area (Å²) in [5.74, 6) is 2.05. The zero-order chi connectivity index (χ0) is 18.9. The third-order valence-electron chi connectivity index (χ3n) is 4.39. The molecule has 2 rings (SSSR count). The van der Waals surface area contributed by atoms with Gasteiger partial charge in [0, 0.05) is 39.3 Å². The van der Waals surface area contributed by atoms with Gasteiger partial charge in [0.15, 0.2) is 11.5 Å². The van der Waals surface area contributed by atoms with Crippen molar-refractivity contribution in [3.8, 4) is 11.5 Å². The molecule has 6 nitrogen and oxygen atoms in total. The van der Waals surface area contributed by atoms with Crippen molar-refractivity contribution in [2.75, 3.05) is 46.4 Å². The van der Waals surface area contributed by atoms with Crippen molar-refractivity contribution in [3.63, 3.8) is 0 Å². The fourth-order valence-electron chi connectivity index (χ4n) is 2.90. The molecule has 0 bridgehead atoms. The van der Waals surface area contributed by atoms with Crippen LogP contribution < -0.4 is 14.8 Å². The fraction of sp³-hybridized carbons (Fsp3) is 0.650. The summed E-state index contributed by atoms with van der Waals surface area (Å²) in [7, 11) is 1.68. The van der Waals surface area contributed by atoms with Crippen LogP contribution in [0.5, 0.6) is 11.5 Å². The van der Waals surface area contributed by atoms with Gasteiger partial charge in [-0.25, -0.2) is 4.79 Å². The summed E-state index contributed by atoms with van der Waals surface area (Å²) in [6, 6.07) is 6.19. The molecule has 1 saturated heterocycles. The van der Waals surface area contributed by atoms with E-state index in [2.05, 4.69) is 43.1 Å². The number of hydrogen-bond donors (Lipinski definition) is 1. The maximum absolute atomic E-state index is 12.0. The first kappa shape index (κ1) is 20.4. The van der Waals surface area contributed by atoms with Crippen molar-refractivity contribution in [1.29, 1.82) is 0 Å². The van der Waals surface area contributed by atoms with Crippen LogP contribution in [0.2, 0.25) is 0 Å². The summed E-state index contributed by atoms with van der Waals surface area (Å²) in [6.07, 6.45) is 0.963. The minimum absolute atomic E-state index is 0.0554. The topological polar surface area (TPSA) is 54.0 Å². The quantitative estimate of drug-likeness (QED) is 0.771. The fourth-order valence-corrected chi connectivity index (χ4v) is 2.90. The predicted molar refractivity (Wildman–Crippen MR) is 104 cm³/mol. The van der Waals surface area contributed by atoms with E-state index in [-0.39, 0.29) is 6.03 Å². The number of nitrogens with one attached hydrogen (secondary N) is 1. The normalized spacial score (nSPS) is 15.2. The Balaban J connectivity index is 1.86. The van der Waals surface area contributed by atoms with Crippen molar-refractivity contribution in [2.24, 2.45) is 5.92 Å². The highest BCUT2D eigenvalue weighted by Gasteiger charge is 2.21. The molecular formula is C20H33N3O3. The lowest BCUT2D eigenvalue weighted by Crippen LogP contribution is -2.51. The molecule has 1 fully saturated rings. The number of carbonyl (C=O) groups excluding carboxylic acids is 1. The van der Waals surface area contributed by atoms with Crippen LogP contribution in [0, 0.1) is 5.92 Å². The standard InChI is InChI=1S/C20H33N3O3/c1-5-8-21-20(24)23-11-9-22(10-12-23)14-17-6-7-18(19(13-17)25-4)26-15-16(2)3/h6-7,13,16H,5,8-12,14-15H2,1-4H3,(H,21,24). The van der Waals surface area contributed by atoms with Crippen LogP contribution in [0.25, 0.3) is 0 Å². The number of ether oxygens (including phenoxy) is 2. The van der Waals surface area contributed by atoms with Gasteiger partial charge in [0.1, 0.15) is 0 Å². The molecule has 1 aromatic carbocycles. The summed E-state index contributed by atoms with van der Waals surface area (Å²) in [5, 5.41) is 2.95. The van der Waals surface area contributed by atoms with Crippen molar-refractivity contribution < 1.29 is 14.3 Å². The minimum Gasteiger partial charge on any atom is -0.493 e. The maximum atomic E-state index is 12.0. The van der Waals surface area contributed by atoms with E-state index in [0.29, 0.717) is 12.5 Å². The molecule has 146 valence electrons. The van der Waals surface area contributed by atoms with E-state index in [0.717, 1.165) is 57.2 Å². The van der Waals surface area contributed by atoms with E-state index in [4.69, 9.17) is 9.47 Å². The highest BCUT2D eigenvalue weighted by molar-refractivity contribution is 5.74. The molecule has 0 aromatic heterocycles. The zero-order valence-corrected chi connectivity index (χ0v) is 16.6. The molecule has 6 heteroatoms. The van der Waals surface area contributed by atoms with E-state index < -0.39 is 0 Å². The van der Waals surface area contributed by atoms with Gasteiger partial charge in [0.25, 0.3) is 0 Å². The van der Waals surface area contributed by atoms with Crippen LogP contribution in [-0.4, -0.2) is 62.3 Å². The number of methoxy groups -OCH3 is 1. The van der Waals surface area contributed by atoms with Crippen molar-refractivity contribution in [3.05, 3.63) is 23.8 Å². The Morgan fingerprint density at radius 2 is 1.92 bits per heavy atom. The highest BCUT2D eigenvalue weighted by atomic mass is 16.5. The number of amides is 2. The molecule has 0 atom stereocenters. The maximum Gasteiger partial charge on any atom is 0.317 e. The molecule has 1 N–H and O–H groups in total. The number of hydrogen-bond acceptors (Lipinski definition) is 4. The van der Waals surface area contributed by atoms with Crippen molar-refractivity contribution in [2.45, 2.75) is 33.7 Å². The van der Waals surface area contributed by atoms with E-state index in [9.17, 15) is 4.79 Å². The van der Waals surface area contributed by atoms with E-state index in [1.54, 1.807) is 7.11 Å². The molecule has 0 aliphatic carbocycles. The van der Waals surface area contributed by atoms with Gasteiger partial charge in [-0.1, -0.05) is 26.8 Å². The average Bonchev–Trinajstić information content (AvgIpc) is 2.65. The van der Waals surface area contributed by atoms with Gasteiger partial charge in [0.05, 0.1) is 13.7 Å². The summed E-state index contributed by atoms with van der Waals surface area (Å²) in [4.78, 5) is 16.3. The minimum atomic E-state index is 0.0554. The molecule has 0 spiro atoms. The molecule has 1 aliphatic heterocycles. The molecule has 0 saturated carbocycles. The molecule has 2 amide bonds. The highest BCUT2D eigenvalue weighted by Crippen LogP contribution is 2.29. The van der Waals surface area contributed by atoms with Crippen LogP contribution in [0.4, 0.5) is 4.79 Å².